The maximum atomic E-state index is 15.6. The largest absolute Gasteiger partial charge is 0.469 e. The molecule has 2 fully saturated rings. The first-order valence-corrected chi connectivity index (χ1v) is 17.0. The van der Waals surface area contributed by atoms with Crippen molar-refractivity contribution in [1.29, 1.82) is 0 Å². The van der Waals surface area contributed by atoms with Crippen LogP contribution in [-0.4, -0.2) is 72.9 Å². The highest BCUT2D eigenvalue weighted by atomic mass is 127. The van der Waals surface area contributed by atoms with Crippen LogP contribution < -0.4 is 5.32 Å². The molecule has 5 rings (SSSR count). The van der Waals surface area contributed by atoms with Crippen LogP contribution in [0.1, 0.15) is 60.0 Å². The molecule has 0 bridgehead atoms. The van der Waals surface area contributed by atoms with Gasteiger partial charge in [0.2, 0.25) is 5.91 Å². The number of aryl methyl sites for hydroxylation is 1. The molecule has 2 heterocycles. The highest BCUT2D eigenvalue weighted by Crippen LogP contribution is 2.31. The number of rotatable bonds is 11. The molecule has 11 heteroatoms. The van der Waals surface area contributed by atoms with E-state index < -0.39 is 5.82 Å². The van der Waals surface area contributed by atoms with Gasteiger partial charge in [0.25, 0.3) is 5.91 Å². The summed E-state index contributed by atoms with van der Waals surface area (Å²) in [7, 11) is 4.91. The number of esters is 1. The molecule has 2 aliphatic rings. The number of halogens is 2. The van der Waals surface area contributed by atoms with Gasteiger partial charge < -0.3 is 29.0 Å². The fourth-order valence-electron chi connectivity index (χ4n) is 6.77. The maximum Gasteiger partial charge on any atom is 0.308 e. The number of carbonyl (C=O) groups excluding carboxylic acids is 3. The number of likely N-dealkylation sites (tertiary alicyclic amines) is 1. The van der Waals surface area contributed by atoms with E-state index in [4.69, 9.17) is 14.2 Å². The molecule has 3 aromatic rings. The van der Waals surface area contributed by atoms with Crippen LogP contribution >= 0.6 is 22.6 Å². The zero-order chi connectivity index (χ0) is 32.1. The summed E-state index contributed by atoms with van der Waals surface area (Å²) in [6.07, 6.45) is 6.26. The number of benzene rings is 2. The Labute approximate surface area is 276 Å². The van der Waals surface area contributed by atoms with Gasteiger partial charge in [-0.15, -0.1) is 0 Å². The number of ether oxygens (including phenoxy) is 3. The predicted molar refractivity (Wildman–Crippen MR) is 178 cm³/mol. The maximum absolute atomic E-state index is 15.6. The third-order valence-electron chi connectivity index (χ3n) is 9.15. The summed E-state index contributed by atoms with van der Waals surface area (Å²) in [6, 6.07) is 10.4. The second kappa shape index (κ2) is 15.0. The predicted octanol–water partition coefficient (Wildman–Crippen LogP) is 5.80. The molecule has 1 N–H and O–H groups in total. The summed E-state index contributed by atoms with van der Waals surface area (Å²) in [5, 5.41) is 3.72. The fourth-order valence-corrected chi connectivity index (χ4v) is 7.40. The molecule has 2 aromatic carbocycles. The van der Waals surface area contributed by atoms with Crippen LogP contribution in [0.3, 0.4) is 0 Å². The second-order valence-electron chi connectivity index (χ2n) is 12.0. The minimum Gasteiger partial charge on any atom is -0.469 e. The van der Waals surface area contributed by atoms with E-state index in [1.165, 1.54) is 13.2 Å². The van der Waals surface area contributed by atoms with Gasteiger partial charge in [-0.05, 0) is 67.9 Å². The summed E-state index contributed by atoms with van der Waals surface area (Å²) in [4.78, 5) is 40.7. The number of para-hydroxylation sites is 1. The SMILES string of the molecule is COC[C@@H]1CC[C@@H](COC2CCC(C(=O)OC)CC2)N1C(=O)Cc1cc(CI)c(NC(=O)c2cn(C)c3ccccc23)cc1F. The lowest BCUT2D eigenvalue weighted by Gasteiger charge is -2.33. The molecule has 1 saturated carbocycles. The fraction of sp³-hybridized carbons (Fsp3) is 0.500. The minimum absolute atomic E-state index is 0.0321. The third kappa shape index (κ3) is 7.52. The van der Waals surface area contributed by atoms with Crippen LogP contribution in [0.4, 0.5) is 10.1 Å². The molecule has 1 aliphatic heterocycles. The van der Waals surface area contributed by atoms with Gasteiger partial charge in [-0.2, -0.15) is 0 Å². The molecule has 0 radical (unpaired) electrons. The number of alkyl halides is 1. The lowest BCUT2D eigenvalue weighted by Crippen LogP contribution is -2.46. The molecule has 2 atom stereocenters. The van der Waals surface area contributed by atoms with Crippen LogP contribution in [-0.2, 0) is 41.7 Å². The van der Waals surface area contributed by atoms with E-state index in [0.717, 1.165) is 55.0 Å². The molecule has 0 spiro atoms. The van der Waals surface area contributed by atoms with Crippen molar-refractivity contribution in [2.24, 2.45) is 13.0 Å². The molecule has 242 valence electrons. The van der Waals surface area contributed by atoms with Crippen molar-refractivity contribution in [2.45, 2.75) is 67.6 Å². The summed E-state index contributed by atoms with van der Waals surface area (Å²) >= 11 is 2.18. The van der Waals surface area contributed by atoms with Crippen LogP contribution in [0.15, 0.2) is 42.6 Å². The number of nitrogens with zero attached hydrogens (tertiary/aromatic N) is 2. The molecular formula is C34H41FIN3O6. The molecule has 1 aliphatic carbocycles. The van der Waals surface area contributed by atoms with Gasteiger partial charge in [-0.25, -0.2) is 4.39 Å². The molecule has 1 saturated heterocycles. The number of hydrogen-bond acceptors (Lipinski definition) is 6. The van der Waals surface area contributed by atoms with Gasteiger partial charge in [0.1, 0.15) is 5.82 Å². The monoisotopic (exact) mass is 733 g/mol. The summed E-state index contributed by atoms with van der Waals surface area (Å²) in [5.41, 5.74) is 2.86. The quantitative estimate of drug-likeness (QED) is 0.152. The topological polar surface area (TPSA) is 99.1 Å². The number of hydrogen-bond donors (Lipinski definition) is 1. The Bertz CT molecular complexity index is 1540. The first-order valence-electron chi connectivity index (χ1n) is 15.5. The normalized spacial score (nSPS) is 21.7. The minimum atomic E-state index is -0.539. The number of aromatic nitrogens is 1. The lowest BCUT2D eigenvalue weighted by atomic mass is 9.87. The second-order valence-corrected chi connectivity index (χ2v) is 12.8. The van der Waals surface area contributed by atoms with Gasteiger partial charge in [0, 0.05) is 41.4 Å². The first kappa shape index (κ1) is 33.3. The van der Waals surface area contributed by atoms with E-state index >= 15 is 4.39 Å². The zero-order valence-corrected chi connectivity index (χ0v) is 28.2. The average Bonchev–Trinajstić information content (AvgIpc) is 3.61. The molecule has 0 unspecified atom stereocenters. The van der Waals surface area contributed by atoms with E-state index in [9.17, 15) is 14.4 Å². The third-order valence-corrected chi connectivity index (χ3v) is 9.97. The first-order chi connectivity index (χ1) is 21.7. The van der Waals surface area contributed by atoms with Crippen molar-refractivity contribution in [3.63, 3.8) is 0 Å². The summed E-state index contributed by atoms with van der Waals surface area (Å²) in [5.74, 6) is -1.28. The Morgan fingerprint density at radius 2 is 1.69 bits per heavy atom. The number of fused-ring (bicyclic) bond motifs is 1. The van der Waals surface area contributed by atoms with E-state index in [1.807, 2.05) is 40.8 Å². The molecule has 45 heavy (non-hydrogen) atoms. The number of methoxy groups -OCH3 is 2. The number of nitrogens with one attached hydrogen (secondary N) is 1. The summed E-state index contributed by atoms with van der Waals surface area (Å²) < 4.78 is 34.5. The van der Waals surface area contributed by atoms with Gasteiger partial charge in [-0.1, -0.05) is 40.8 Å². The van der Waals surface area contributed by atoms with Gasteiger partial charge in [-0.3, -0.25) is 14.4 Å². The van der Waals surface area contributed by atoms with Crippen LogP contribution in [0, 0.1) is 11.7 Å². The number of anilines is 1. The van der Waals surface area contributed by atoms with E-state index in [1.54, 1.807) is 19.4 Å². The van der Waals surface area contributed by atoms with Gasteiger partial charge >= 0.3 is 5.97 Å². The smallest absolute Gasteiger partial charge is 0.308 e. The number of carbonyl (C=O) groups is 3. The van der Waals surface area contributed by atoms with Crippen molar-refractivity contribution >= 4 is 57.0 Å². The van der Waals surface area contributed by atoms with E-state index in [0.29, 0.717) is 34.5 Å². The highest BCUT2D eigenvalue weighted by molar-refractivity contribution is 14.1. The Morgan fingerprint density at radius 3 is 2.38 bits per heavy atom. The van der Waals surface area contributed by atoms with Gasteiger partial charge in [0.15, 0.2) is 0 Å². The highest BCUT2D eigenvalue weighted by Gasteiger charge is 2.38. The van der Waals surface area contributed by atoms with E-state index in [2.05, 4.69) is 27.9 Å². The van der Waals surface area contributed by atoms with Crippen molar-refractivity contribution in [3.05, 3.63) is 65.1 Å². The zero-order valence-electron chi connectivity index (χ0n) is 26.0. The lowest BCUT2D eigenvalue weighted by molar-refractivity contribution is -0.148. The van der Waals surface area contributed by atoms with Crippen LogP contribution in [0.2, 0.25) is 0 Å². The average molecular weight is 734 g/mol. The van der Waals surface area contributed by atoms with Crippen LogP contribution in [0.25, 0.3) is 10.9 Å². The summed E-state index contributed by atoms with van der Waals surface area (Å²) in [6.45, 7) is 0.785. The van der Waals surface area contributed by atoms with Crippen molar-refractivity contribution in [2.75, 3.05) is 32.8 Å². The Hall–Kier alpha value is -3.03. The number of amides is 2. The van der Waals surface area contributed by atoms with E-state index in [-0.39, 0.29) is 48.3 Å². The van der Waals surface area contributed by atoms with Gasteiger partial charge in [0.05, 0.1) is 56.4 Å². The molecule has 2 amide bonds. The van der Waals surface area contributed by atoms with Crippen molar-refractivity contribution < 1.29 is 33.0 Å². The van der Waals surface area contributed by atoms with Crippen molar-refractivity contribution in [3.8, 4) is 0 Å². The Balaban J connectivity index is 1.26. The van der Waals surface area contributed by atoms with Crippen LogP contribution in [0.5, 0.6) is 0 Å². The molecular weight excluding hydrogens is 692 g/mol. The Kier molecular flexibility index (Phi) is 11.1. The van der Waals surface area contributed by atoms with Crippen molar-refractivity contribution in [1.82, 2.24) is 9.47 Å². The molecule has 1 aromatic heterocycles. The Morgan fingerprint density at radius 1 is 0.978 bits per heavy atom. The standard InChI is InChI=1S/C34H41FIN3O6/c1-38-18-28(27-6-4-5-7-31(27)38)33(41)37-30-16-29(35)22(14-23(30)17-36)15-32(40)39-24(19-43-2)10-11-25(39)20-45-26-12-8-21(9-13-26)34(42)44-3/h4-7,14,16,18,21,24-26H,8-13,15,17,19-20H2,1-3H3,(H,37,41)/t21?,24-,25-,26?/m0/s1. The molecule has 9 nitrogen and oxygen atoms in total.